The first-order chi connectivity index (χ1) is 7.59. The Kier molecular flexibility index (Phi) is 2.66. The van der Waals surface area contributed by atoms with Crippen molar-refractivity contribution in [2.24, 2.45) is 7.05 Å². The molecule has 1 heterocycles. The molecule has 16 heavy (non-hydrogen) atoms. The molecule has 0 saturated heterocycles. The van der Waals surface area contributed by atoms with E-state index in [1.165, 1.54) is 0 Å². The van der Waals surface area contributed by atoms with Gasteiger partial charge in [0.15, 0.2) is 0 Å². The molecule has 2 rings (SSSR count). The second-order valence-electron chi connectivity index (χ2n) is 3.82. The predicted octanol–water partition coefficient (Wildman–Crippen LogP) is 1.69. The maximum absolute atomic E-state index is 10.6. The molecule has 0 fully saturated rings. The number of aryl methyl sites for hydroxylation is 1. The van der Waals surface area contributed by atoms with Crippen LogP contribution in [0.5, 0.6) is 0 Å². The second-order valence-corrected chi connectivity index (χ2v) is 3.82. The first-order valence-corrected chi connectivity index (χ1v) is 5.03. The molecule has 4 nitrogen and oxygen atoms in total. The fourth-order valence-electron chi connectivity index (χ4n) is 1.89. The Hall–Kier alpha value is -1.81. The molecule has 0 amide bonds. The first kappa shape index (κ1) is 10.7. The standard InChI is InChI=1S/C12H13NO3/c1-13-6-5-8-9(3-2-4-10(8)13)11(14)7-12(15)16/h2-6,11,14H,7H2,1H3,(H,15,16)/t11-/m0/s1. The summed E-state index contributed by atoms with van der Waals surface area (Å²) in [7, 11) is 1.91. The number of hydrogen-bond donors (Lipinski definition) is 2. The Labute approximate surface area is 92.7 Å². The molecular formula is C12H13NO3. The van der Waals surface area contributed by atoms with Crippen LogP contribution >= 0.6 is 0 Å². The zero-order valence-electron chi connectivity index (χ0n) is 8.92. The number of carboxylic acids is 1. The van der Waals surface area contributed by atoms with E-state index in [2.05, 4.69) is 0 Å². The minimum Gasteiger partial charge on any atom is -0.481 e. The van der Waals surface area contributed by atoms with Crippen molar-refractivity contribution in [3.05, 3.63) is 36.0 Å². The Morgan fingerprint density at radius 2 is 2.19 bits per heavy atom. The molecule has 0 radical (unpaired) electrons. The number of aliphatic carboxylic acids is 1. The zero-order chi connectivity index (χ0) is 11.7. The normalized spacial score (nSPS) is 12.9. The van der Waals surface area contributed by atoms with Gasteiger partial charge in [-0.2, -0.15) is 0 Å². The molecule has 1 aromatic heterocycles. The maximum Gasteiger partial charge on any atom is 0.306 e. The largest absolute Gasteiger partial charge is 0.481 e. The highest BCUT2D eigenvalue weighted by molar-refractivity contribution is 5.84. The smallest absolute Gasteiger partial charge is 0.306 e. The topological polar surface area (TPSA) is 62.5 Å². The molecule has 4 heteroatoms. The van der Waals surface area contributed by atoms with E-state index in [4.69, 9.17) is 5.11 Å². The number of nitrogens with zero attached hydrogens (tertiary/aromatic N) is 1. The van der Waals surface area contributed by atoms with Crippen molar-refractivity contribution in [3.63, 3.8) is 0 Å². The first-order valence-electron chi connectivity index (χ1n) is 5.03. The van der Waals surface area contributed by atoms with Gasteiger partial charge in [-0.3, -0.25) is 4.79 Å². The van der Waals surface area contributed by atoms with Crippen molar-refractivity contribution >= 4 is 16.9 Å². The lowest BCUT2D eigenvalue weighted by atomic mass is 10.0. The number of carboxylic acid groups (broad SMARTS) is 1. The molecule has 0 unspecified atom stereocenters. The summed E-state index contributed by atoms with van der Waals surface area (Å²) in [6.07, 6.45) is 0.666. The van der Waals surface area contributed by atoms with Crippen molar-refractivity contribution in [2.45, 2.75) is 12.5 Å². The molecule has 2 N–H and O–H groups in total. The number of carbonyl (C=O) groups is 1. The summed E-state index contributed by atoms with van der Waals surface area (Å²) >= 11 is 0. The summed E-state index contributed by atoms with van der Waals surface area (Å²) < 4.78 is 1.94. The van der Waals surface area contributed by atoms with Crippen LogP contribution in [0, 0.1) is 0 Å². The van der Waals surface area contributed by atoms with Crippen LogP contribution < -0.4 is 0 Å². The number of hydrogen-bond acceptors (Lipinski definition) is 2. The van der Waals surface area contributed by atoms with Crippen LogP contribution in [0.15, 0.2) is 30.5 Å². The Bertz CT molecular complexity index is 530. The lowest BCUT2D eigenvalue weighted by molar-refractivity contribution is -0.139. The molecule has 0 aliphatic rings. The number of fused-ring (bicyclic) bond motifs is 1. The summed E-state index contributed by atoms with van der Waals surface area (Å²) in [4.78, 5) is 10.6. The summed E-state index contributed by atoms with van der Waals surface area (Å²) in [6.45, 7) is 0. The van der Waals surface area contributed by atoms with Crippen molar-refractivity contribution in [2.75, 3.05) is 0 Å². The van der Waals surface area contributed by atoms with E-state index in [0.717, 1.165) is 10.9 Å². The van der Waals surface area contributed by atoms with Gasteiger partial charge in [-0.1, -0.05) is 12.1 Å². The van der Waals surface area contributed by atoms with Gasteiger partial charge in [0, 0.05) is 24.1 Å². The van der Waals surface area contributed by atoms with Gasteiger partial charge in [0.05, 0.1) is 12.5 Å². The van der Waals surface area contributed by atoms with Crippen molar-refractivity contribution in [3.8, 4) is 0 Å². The lowest BCUT2D eigenvalue weighted by Gasteiger charge is -2.10. The van der Waals surface area contributed by atoms with Crippen LogP contribution in [-0.2, 0) is 11.8 Å². The molecule has 0 spiro atoms. The average Bonchev–Trinajstić information content (AvgIpc) is 2.59. The Morgan fingerprint density at radius 1 is 1.44 bits per heavy atom. The van der Waals surface area contributed by atoms with Gasteiger partial charge in [-0.25, -0.2) is 0 Å². The minimum atomic E-state index is -1.000. The third-order valence-corrected chi connectivity index (χ3v) is 2.69. The van der Waals surface area contributed by atoms with E-state index in [0.29, 0.717) is 5.56 Å². The molecule has 2 aromatic rings. The second kappa shape index (κ2) is 3.98. The Balaban J connectivity index is 2.48. The van der Waals surface area contributed by atoms with Gasteiger partial charge in [0.25, 0.3) is 0 Å². The predicted molar refractivity (Wildman–Crippen MR) is 60.1 cm³/mol. The van der Waals surface area contributed by atoms with E-state index in [-0.39, 0.29) is 6.42 Å². The van der Waals surface area contributed by atoms with Crippen LogP contribution in [-0.4, -0.2) is 20.7 Å². The van der Waals surface area contributed by atoms with Crippen molar-refractivity contribution in [1.29, 1.82) is 0 Å². The lowest BCUT2D eigenvalue weighted by Crippen LogP contribution is -2.05. The third-order valence-electron chi connectivity index (χ3n) is 2.69. The molecule has 84 valence electrons. The highest BCUT2D eigenvalue weighted by Gasteiger charge is 2.15. The molecule has 0 bridgehead atoms. The highest BCUT2D eigenvalue weighted by atomic mass is 16.4. The molecule has 1 atom stereocenters. The summed E-state index contributed by atoms with van der Waals surface area (Å²) in [5.74, 6) is -1.000. The molecule has 0 saturated carbocycles. The van der Waals surface area contributed by atoms with E-state index < -0.39 is 12.1 Å². The minimum absolute atomic E-state index is 0.270. The van der Waals surface area contributed by atoms with Gasteiger partial charge in [-0.15, -0.1) is 0 Å². The fraction of sp³-hybridized carbons (Fsp3) is 0.250. The molecular weight excluding hydrogens is 206 g/mol. The number of aliphatic hydroxyl groups is 1. The summed E-state index contributed by atoms with van der Waals surface area (Å²) in [5, 5.41) is 19.4. The van der Waals surface area contributed by atoms with E-state index in [1.54, 1.807) is 6.07 Å². The van der Waals surface area contributed by atoms with Gasteiger partial charge >= 0.3 is 5.97 Å². The van der Waals surface area contributed by atoms with E-state index >= 15 is 0 Å². The quantitative estimate of drug-likeness (QED) is 0.825. The summed E-state index contributed by atoms with van der Waals surface area (Å²) in [6, 6.07) is 7.40. The molecule has 0 aliphatic heterocycles. The van der Waals surface area contributed by atoms with Crippen LogP contribution in [0.2, 0.25) is 0 Å². The maximum atomic E-state index is 10.6. The van der Waals surface area contributed by atoms with Crippen molar-refractivity contribution < 1.29 is 15.0 Å². The number of rotatable bonds is 3. The van der Waals surface area contributed by atoms with Crippen LogP contribution in [0.4, 0.5) is 0 Å². The van der Waals surface area contributed by atoms with E-state index in [1.807, 2.05) is 36.0 Å². The zero-order valence-corrected chi connectivity index (χ0v) is 8.92. The number of aromatic nitrogens is 1. The number of benzene rings is 1. The molecule has 1 aromatic carbocycles. The van der Waals surface area contributed by atoms with Crippen LogP contribution in [0.1, 0.15) is 18.1 Å². The monoisotopic (exact) mass is 219 g/mol. The molecule has 0 aliphatic carbocycles. The highest BCUT2D eigenvalue weighted by Crippen LogP contribution is 2.26. The van der Waals surface area contributed by atoms with Gasteiger partial charge in [-0.05, 0) is 17.7 Å². The van der Waals surface area contributed by atoms with Gasteiger partial charge in [0.2, 0.25) is 0 Å². The van der Waals surface area contributed by atoms with Crippen LogP contribution in [0.25, 0.3) is 10.9 Å². The SMILES string of the molecule is Cn1ccc2c([C@@H](O)CC(=O)O)cccc21. The average molecular weight is 219 g/mol. The number of aliphatic hydroxyl groups excluding tert-OH is 1. The fourth-order valence-corrected chi connectivity index (χ4v) is 1.89. The Morgan fingerprint density at radius 3 is 2.88 bits per heavy atom. The van der Waals surface area contributed by atoms with Crippen LogP contribution in [0.3, 0.4) is 0 Å². The van der Waals surface area contributed by atoms with Gasteiger partial charge < -0.3 is 14.8 Å². The van der Waals surface area contributed by atoms with E-state index in [9.17, 15) is 9.90 Å². The summed E-state index contributed by atoms with van der Waals surface area (Å²) in [5.41, 5.74) is 1.66. The third kappa shape index (κ3) is 1.79. The van der Waals surface area contributed by atoms with Crippen molar-refractivity contribution in [1.82, 2.24) is 4.57 Å². The van der Waals surface area contributed by atoms with Gasteiger partial charge in [0.1, 0.15) is 0 Å².